The van der Waals surface area contributed by atoms with E-state index in [0.717, 1.165) is 72.9 Å². The van der Waals surface area contributed by atoms with Gasteiger partial charge in [-0.3, -0.25) is 14.9 Å². The van der Waals surface area contributed by atoms with Crippen molar-refractivity contribution in [3.05, 3.63) is 59.5 Å². The number of fused-ring (bicyclic) bond motifs is 1. The quantitative estimate of drug-likeness (QED) is 0.589. The zero-order valence-electron chi connectivity index (χ0n) is 21.3. The number of benzene rings is 1. The van der Waals surface area contributed by atoms with Gasteiger partial charge in [0.05, 0.1) is 35.6 Å². The number of hydrogen-bond donors (Lipinski definition) is 1. The van der Waals surface area contributed by atoms with E-state index in [4.69, 9.17) is 4.74 Å². The highest BCUT2D eigenvalue weighted by molar-refractivity contribution is 5.95. The minimum Gasteiger partial charge on any atom is -0.390 e. The third-order valence-electron chi connectivity index (χ3n) is 7.26. The molecule has 1 N–H and O–H groups in total. The van der Waals surface area contributed by atoms with Crippen LogP contribution in [0.4, 0.5) is 11.4 Å². The number of nitriles is 1. The Kier molecular flexibility index (Phi) is 7.06. The number of nitrogens with zero attached hydrogens (tertiary/aromatic N) is 6. The molecule has 8 nitrogen and oxygen atoms in total. The van der Waals surface area contributed by atoms with Crippen LogP contribution < -0.4 is 9.80 Å². The van der Waals surface area contributed by atoms with Crippen LogP contribution in [0.2, 0.25) is 0 Å². The van der Waals surface area contributed by atoms with E-state index in [2.05, 4.69) is 62.8 Å². The van der Waals surface area contributed by atoms with E-state index in [0.29, 0.717) is 11.6 Å². The summed E-state index contributed by atoms with van der Waals surface area (Å²) in [5, 5.41) is 20.1. The van der Waals surface area contributed by atoms with Crippen LogP contribution in [0, 0.1) is 18.3 Å². The molecular formula is C28H34N6O2. The molecular weight excluding hydrogens is 452 g/mol. The molecule has 8 heteroatoms. The van der Waals surface area contributed by atoms with Gasteiger partial charge in [-0.2, -0.15) is 5.26 Å². The van der Waals surface area contributed by atoms with Crippen LogP contribution in [0.5, 0.6) is 0 Å². The SMILES string of the molecule is Cc1cc(N2CCN(CC3CN(c4ccc(C#N)c5ncccc45)CC(C)O3)C(C)C2)cc(CO)n1. The number of aromatic nitrogens is 2. The van der Waals surface area contributed by atoms with E-state index >= 15 is 0 Å². The number of morpholine rings is 1. The van der Waals surface area contributed by atoms with E-state index < -0.39 is 0 Å². The summed E-state index contributed by atoms with van der Waals surface area (Å²) in [6.45, 7) is 11.6. The van der Waals surface area contributed by atoms with Gasteiger partial charge in [-0.05, 0) is 57.2 Å². The van der Waals surface area contributed by atoms with Crippen molar-refractivity contribution < 1.29 is 9.84 Å². The molecule has 0 bridgehead atoms. The molecule has 4 heterocycles. The topological polar surface area (TPSA) is 88.8 Å². The maximum absolute atomic E-state index is 9.55. The summed E-state index contributed by atoms with van der Waals surface area (Å²) < 4.78 is 6.40. The summed E-state index contributed by atoms with van der Waals surface area (Å²) in [5.41, 5.74) is 5.26. The Morgan fingerprint density at radius 2 is 1.97 bits per heavy atom. The van der Waals surface area contributed by atoms with Gasteiger partial charge in [0.15, 0.2) is 0 Å². The lowest BCUT2D eigenvalue weighted by molar-refractivity contribution is -0.0382. The molecule has 3 unspecified atom stereocenters. The van der Waals surface area contributed by atoms with E-state index in [1.54, 1.807) is 6.20 Å². The van der Waals surface area contributed by atoms with Gasteiger partial charge in [0.1, 0.15) is 6.07 Å². The van der Waals surface area contributed by atoms with Crippen LogP contribution in [-0.2, 0) is 11.3 Å². The maximum Gasteiger partial charge on any atom is 0.101 e. The van der Waals surface area contributed by atoms with E-state index in [1.165, 1.54) is 0 Å². The summed E-state index contributed by atoms with van der Waals surface area (Å²) in [6.07, 6.45) is 1.95. The van der Waals surface area contributed by atoms with Crippen molar-refractivity contribution in [1.82, 2.24) is 14.9 Å². The second-order valence-electron chi connectivity index (χ2n) is 10.0. The van der Waals surface area contributed by atoms with Gasteiger partial charge in [0.2, 0.25) is 0 Å². The molecule has 0 saturated carbocycles. The fourth-order valence-corrected chi connectivity index (χ4v) is 5.61. The fraction of sp³-hybridized carbons (Fsp3) is 0.464. The standard InChI is InChI=1S/C28H34N6O2/c1-19-11-24(12-23(18-35)31-19)33-10-9-32(20(2)14-33)16-25-17-34(15-21(3)36-25)27-7-6-22(13-29)28-26(27)5-4-8-30-28/h4-8,11-12,20-21,25,35H,9-10,14-18H2,1-3H3. The lowest BCUT2D eigenvalue weighted by Gasteiger charge is -2.45. The minimum atomic E-state index is -0.0392. The molecule has 2 saturated heterocycles. The Morgan fingerprint density at radius 1 is 1.11 bits per heavy atom. The number of anilines is 2. The molecule has 2 aromatic heterocycles. The molecule has 3 aromatic rings. The highest BCUT2D eigenvalue weighted by Crippen LogP contribution is 2.31. The van der Waals surface area contributed by atoms with Gasteiger partial charge in [-0.15, -0.1) is 0 Å². The van der Waals surface area contributed by atoms with Crippen molar-refractivity contribution in [2.75, 3.05) is 49.1 Å². The zero-order chi connectivity index (χ0) is 25.2. The third-order valence-corrected chi connectivity index (χ3v) is 7.26. The summed E-state index contributed by atoms with van der Waals surface area (Å²) in [7, 11) is 0. The number of aryl methyl sites for hydroxylation is 1. The summed E-state index contributed by atoms with van der Waals surface area (Å²) >= 11 is 0. The first-order valence-corrected chi connectivity index (χ1v) is 12.7. The van der Waals surface area contributed by atoms with Crippen molar-refractivity contribution in [3.63, 3.8) is 0 Å². The number of pyridine rings is 2. The molecule has 2 fully saturated rings. The second kappa shape index (κ2) is 10.4. The average Bonchev–Trinajstić information content (AvgIpc) is 2.88. The smallest absolute Gasteiger partial charge is 0.101 e. The molecule has 36 heavy (non-hydrogen) atoms. The van der Waals surface area contributed by atoms with E-state index in [1.807, 2.05) is 25.1 Å². The first kappa shape index (κ1) is 24.4. The largest absolute Gasteiger partial charge is 0.390 e. The van der Waals surface area contributed by atoms with Gasteiger partial charge < -0.3 is 19.6 Å². The molecule has 1 aromatic carbocycles. The molecule has 2 aliphatic heterocycles. The second-order valence-corrected chi connectivity index (χ2v) is 10.0. The van der Waals surface area contributed by atoms with Gasteiger partial charge >= 0.3 is 0 Å². The Morgan fingerprint density at radius 3 is 2.75 bits per heavy atom. The third kappa shape index (κ3) is 5.00. The highest BCUT2D eigenvalue weighted by Gasteiger charge is 2.31. The number of aliphatic hydroxyl groups excluding tert-OH is 1. The van der Waals surface area contributed by atoms with Gasteiger partial charge in [0.25, 0.3) is 0 Å². The summed E-state index contributed by atoms with van der Waals surface area (Å²) in [6, 6.07) is 14.7. The Labute approximate surface area is 212 Å². The zero-order valence-corrected chi connectivity index (χ0v) is 21.3. The molecule has 0 amide bonds. The Balaban J connectivity index is 1.28. The van der Waals surface area contributed by atoms with Crippen LogP contribution in [0.15, 0.2) is 42.6 Å². The van der Waals surface area contributed by atoms with Crippen LogP contribution in [0.3, 0.4) is 0 Å². The normalized spacial score (nSPS) is 23.1. The molecule has 0 spiro atoms. The van der Waals surface area contributed by atoms with Crippen LogP contribution in [0.25, 0.3) is 10.9 Å². The van der Waals surface area contributed by atoms with Crippen molar-refractivity contribution >= 4 is 22.3 Å². The predicted octanol–water partition coefficient (Wildman–Crippen LogP) is 3.11. The molecule has 5 rings (SSSR count). The molecule has 0 aliphatic carbocycles. The van der Waals surface area contributed by atoms with Crippen molar-refractivity contribution in [3.8, 4) is 6.07 Å². The Bertz CT molecular complexity index is 1270. The van der Waals surface area contributed by atoms with Crippen molar-refractivity contribution in [2.24, 2.45) is 0 Å². The van der Waals surface area contributed by atoms with Crippen molar-refractivity contribution in [2.45, 2.75) is 45.6 Å². The lowest BCUT2D eigenvalue weighted by atomic mass is 10.1. The number of rotatable bonds is 5. The van der Waals surface area contributed by atoms with Crippen LogP contribution in [-0.4, -0.2) is 77.5 Å². The highest BCUT2D eigenvalue weighted by atomic mass is 16.5. The van der Waals surface area contributed by atoms with Gasteiger partial charge in [-0.25, -0.2) is 0 Å². The first-order valence-electron chi connectivity index (χ1n) is 12.7. The number of ether oxygens (including phenoxy) is 1. The summed E-state index contributed by atoms with van der Waals surface area (Å²) in [5.74, 6) is 0. The molecule has 0 radical (unpaired) electrons. The minimum absolute atomic E-state index is 0.0392. The van der Waals surface area contributed by atoms with Gasteiger partial charge in [-0.1, -0.05) is 0 Å². The number of aliphatic hydroxyl groups is 1. The first-order chi connectivity index (χ1) is 17.4. The van der Waals surface area contributed by atoms with E-state index in [-0.39, 0.29) is 18.8 Å². The monoisotopic (exact) mass is 486 g/mol. The number of hydrogen-bond acceptors (Lipinski definition) is 8. The Hall–Kier alpha value is -3.25. The predicted molar refractivity (Wildman–Crippen MR) is 141 cm³/mol. The van der Waals surface area contributed by atoms with Crippen LogP contribution >= 0.6 is 0 Å². The van der Waals surface area contributed by atoms with E-state index in [9.17, 15) is 10.4 Å². The molecule has 2 aliphatic rings. The van der Waals surface area contributed by atoms with Crippen LogP contribution in [0.1, 0.15) is 30.8 Å². The fourth-order valence-electron chi connectivity index (χ4n) is 5.61. The molecule has 188 valence electrons. The average molecular weight is 487 g/mol. The number of piperazine rings is 1. The lowest BCUT2D eigenvalue weighted by Crippen LogP contribution is -2.57. The maximum atomic E-state index is 9.55. The van der Waals surface area contributed by atoms with Crippen molar-refractivity contribution in [1.29, 1.82) is 5.26 Å². The summed E-state index contributed by atoms with van der Waals surface area (Å²) in [4.78, 5) is 16.2. The molecule has 3 atom stereocenters. The van der Waals surface area contributed by atoms with Gasteiger partial charge in [0, 0.05) is 74.0 Å².